The smallest absolute Gasteiger partial charge is 0.257 e. The topological polar surface area (TPSA) is 97.1 Å². The molecule has 1 saturated carbocycles. The zero-order valence-electron chi connectivity index (χ0n) is 19.3. The minimum atomic E-state index is -2.76. The van der Waals surface area contributed by atoms with Gasteiger partial charge in [-0.05, 0) is 56.4 Å². The van der Waals surface area contributed by atoms with Crippen LogP contribution >= 0.6 is 11.6 Å². The predicted molar refractivity (Wildman–Crippen MR) is 127 cm³/mol. The van der Waals surface area contributed by atoms with Crippen molar-refractivity contribution in [2.45, 2.75) is 51.5 Å². The maximum Gasteiger partial charge on any atom is 0.257 e. The highest BCUT2D eigenvalue weighted by atomic mass is 35.5. The van der Waals surface area contributed by atoms with E-state index in [1.54, 1.807) is 43.5 Å². The molecule has 35 heavy (non-hydrogen) atoms. The van der Waals surface area contributed by atoms with Crippen molar-refractivity contribution in [2.24, 2.45) is 5.92 Å². The van der Waals surface area contributed by atoms with Gasteiger partial charge in [-0.3, -0.25) is 14.6 Å². The molecule has 4 rings (SSSR count). The Bertz CT molecular complexity index is 1200. The van der Waals surface area contributed by atoms with Crippen molar-refractivity contribution >= 4 is 29.1 Å². The summed E-state index contributed by atoms with van der Waals surface area (Å²) in [5, 5.41) is 9.76. The van der Waals surface area contributed by atoms with Crippen LogP contribution in [0.5, 0.6) is 0 Å². The summed E-state index contributed by atoms with van der Waals surface area (Å²) < 4.78 is 32.3. The van der Waals surface area contributed by atoms with Crippen molar-refractivity contribution < 1.29 is 22.9 Å². The first-order valence-electron chi connectivity index (χ1n) is 11.3. The van der Waals surface area contributed by atoms with E-state index in [1.807, 2.05) is 6.92 Å². The molecule has 184 valence electrons. The molecule has 1 aliphatic carbocycles. The summed E-state index contributed by atoms with van der Waals surface area (Å²) in [6, 6.07) is 7.75. The number of alkyl halides is 2. The SMILES string of the molecule is Cc1nocc1C(=O)NC(C(=O)Nc1ccc(-c2c(Cl)ccnc2C)cc1)C1CCC(F)(F)CC1. The Morgan fingerprint density at radius 1 is 1.11 bits per heavy atom. The Morgan fingerprint density at radius 3 is 2.40 bits per heavy atom. The van der Waals surface area contributed by atoms with Crippen molar-refractivity contribution in [1.82, 2.24) is 15.5 Å². The number of nitrogens with one attached hydrogen (secondary N) is 2. The maximum absolute atomic E-state index is 13.7. The number of anilines is 1. The first-order chi connectivity index (χ1) is 16.6. The molecule has 0 spiro atoms. The average Bonchev–Trinajstić information content (AvgIpc) is 3.24. The lowest BCUT2D eigenvalue weighted by molar-refractivity contribution is -0.121. The van der Waals surface area contributed by atoms with Gasteiger partial charge in [0.15, 0.2) is 0 Å². The summed E-state index contributed by atoms with van der Waals surface area (Å²) in [7, 11) is 0. The molecule has 2 aromatic heterocycles. The minimum absolute atomic E-state index is 0.117. The van der Waals surface area contributed by atoms with Crippen molar-refractivity contribution in [3.8, 4) is 11.1 Å². The molecule has 10 heteroatoms. The number of carbonyl (C=O) groups is 2. The second kappa shape index (κ2) is 10.1. The van der Waals surface area contributed by atoms with Gasteiger partial charge in [0.2, 0.25) is 11.8 Å². The molecule has 7 nitrogen and oxygen atoms in total. The number of carbonyl (C=O) groups excluding carboxylic acids is 2. The van der Waals surface area contributed by atoms with Gasteiger partial charge in [0.1, 0.15) is 17.9 Å². The fraction of sp³-hybridized carbons (Fsp3) is 0.360. The van der Waals surface area contributed by atoms with Crippen LogP contribution in [0.4, 0.5) is 14.5 Å². The van der Waals surface area contributed by atoms with E-state index in [-0.39, 0.29) is 31.2 Å². The monoisotopic (exact) mass is 502 g/mol. The number of nitrogens with zero attached hydrogens (tertiary/aromatic N) is 2. The van der Waals surface area contributed by atoms with E-state index < -0.39 is 29.7 Å². The Morgan fingerprint density at radius 2 is 1.80 bits per heavy atom. The molecule has 3 aromatic rings. The number of pyridine rings is 1. The summed E-state index contributed by atoms with van der Waals surface area (Å²) in [6.07, 6.45) is 2.40. The van der Waals surface area contributed by atoms with Crippen LogP contribution in [0.25, 0.3) is 11.1 Å². The molecule has 2 amide bonds. The molecule has 1 aromatic carbocycles. The Balaban J connectivity index is 1.52. The Kier molecular flexibility index (Phi) is 7.16. The lowest BCUT2D eigenvalue weighted by atomic mass is 9.81. The number of rotatable bonds is 6. The maximum atomic E-state index is 13.7. The second-order valence-electron chi connectivity index (χ2n) is 8.78. The van der Waals surface area contributed by atoms with Gasteiger partial charge in [-0.1, -0.05) is 28.9 Å². The van der Waals surface area contributed by atoms with Crippen LogP contribution in [0.2, 0.25) is 5.02 Å². The summed E-state index contributed by atoms with van der Waals surface area (Å²) in [6.45, 7) is 3.46. The average molecular weight is 503 g/mol. The lowest BCUT2D eigenvalue weighted by Gasteiger charge is -2.33. The normalized spacial score (nSPS) is 16.5. The van der Waals surface area contributed by atoms with Gasteiger partial charge in [-0.2, -0.15) is 0 Å². The van der Waals surface area contributed by atoms with E-state index in [1.165, 1.54) is 6.26 Å². The van der Waals surface area contributed by atoms with E-state index in [0.717, 1.165) is 16.8 Å². The summed E-state index contributed by atoms with van der Waals surface area (Å²) in [4.78, 5) is 30.3. The van der Waals surface area contributed by atoms with E-state index in [9.17, 15) is 18.4 Å². The van der Waals surface area contributed by atoms with Gasteiger partial charge in [-0.15, -0.1) is 0 Å². The number of aromatic nitrogens is 2. The number of halogens is 3. The van der Waals surface area contributed by atoms with Gasteiger partial charge in [-0.25, -0.2) is 8.78 Å². The standard InChI is InChI=1S/C25H25ClF2N4O3/c1-14-19(13-35-32-14)23(33)31-22(17-7-10-25(27,28)11-8-17)24(34)30-18-5-3-16(4-6-18)21-15(2)29-12-9-20(21)26/h3-6,9,12-13,17,22H,7-8,10-11H2,1-2H3,(H,30,34)(H,31,33). The van der Waals surface area contributed by atoms with E-state index >= 15 is 0 Å². The van der Waals surface area contributed by atoms with Crippen molar-refractivity contribution in [2.75, 3.05) is 5.32 Å². The fourth-order valence-electron chi connectivity index (χ4n) is 4.34. The minimum Gasteiger partial charge on any atom is -0.364 e. The van der Waals surface area contributed by atoms with E-state index in [4.69, 9.17) is 16.1 Å². The lowest BCUT2D eigenvalue weighted by Crippen LogP contribution is -2.50. The van der Waals surface area contributed by atoms with Crippen LogP contribution < -0.4 is 10.6 Å². The Labute approximate surface area is 206 Å². The number of hydrogen-bond donors (Lipinski definition) is 2. The molecule has 1 unspecified atom stereocenters. The molecule has 0 aliphatic heterocycles. The zero-order valence-corrected chi connectivity index (χ0v) is 20.0. The highest BCUT2D eigenvalue weighted by Crippen LogP contribution is 2.38. The number of benzene rings is 1. The van der Waals surface area contributed by atoms with Gasteiger partial charge < -0.3 is 15.2 Å². The summed E-state index contributed by atoms with van der Waals surface area (Å²) >= 11 is 6.32. The third-order valence-electron chi connectivity index (χ3n) is 6.33. The van der Waals surface area contributed by atoms with Crippen molar-refractivity contribution in [1.29, 1.82) is 0 Å². The van der Waals surface area contributed by atoms with Gasteiger partial charge in [0.05, 0.1) is 10.7 Å². The summed E-state index contributed by atoms with van der Waals surface area (Å²) in [5.41, 5.74) is 3.47. The molecule has 1 aliphatic rings. The molecule has 1 atom stereocenters. The van der Waals surface area contributed by atoms with Crippen LogP contribution in [0, 0.1) is 19.8 Å². The molecule has 2 N–H and O–H groups in total. The molecule has 0 bridgehead atoms. The van der Waals surface area contributed by atoms with Gasteiger partial charge >= 0.3 is 0 Å². The van der Waals surface area contributed by atoms with Gasteiger partial charge in [0, 0.05) is 36.0 Å². The summed E-state index contributed by atoms with van der Waals surface area (Å²) in [5.74, 6) is -4.21. The first-order valence-corrected chi connectivity index (χ1v) is 11.6. The fourth-order valence-corrected chi connectivity index (χ4v) is 4.65. The third-order valence-corrected chi connectivity index (χ3v) is 6.64. The number of amides is 2. The predicted octanol–water partition coefficient (Wildman–Crippen LogP) is 5.57. The molecule has 0 saturated heterocycles. The van der Waals surface area contributed by atoms with Gasteiger partial charge in [0.25, 0.3) is 5.91 Å². The quantitative estimate of drug-likeness (QED) is 0.459. The molecular weight excluding hydrogens is 478 g/mol. The Hall–Kier alpha value is -3.33. The second-order valence-corrected chi connectivity index (χ2v) is 9.19. The highest BCUT2D eigenvalue weighted by Gasteiger charge is 2.40. The zero-order chi connectivity index (χ0) is 25.2. The van der Waals surface area contributed by atoms with Crippen LogP contribution in [0.1, 0.15) is 47.4 Å². The van der Waals surface area contributed by atoms with E-state index in [0.29, 0.717) is 16.4 Å². The van der Waals surface area contributed by atoms with Crippen molar-refractivity contribution in [3.63, 3.8) is 0 Å². The molecular formula is C25H25ClF2N4O3. The number of hydrogen-bond acceptors (Lipinski definition) is 5. The molecule has 1 fully saturated rings. The van der Waals surface area contributed by atoms with E-state index in [2.05, 4.69) is 20.8 Å². The molecule has 2 heterocycles. The van der Waals surface area contributed by atoms with Crippen LogP contribution in [-0.4, -0.2) is 33.9 Å². The van der Waals surface area contributed by atoms with Crippen LogP contribution in [0.15, 0.2) is 47.3 Å². The highest BCUT2D eigenvalue weighted by molar-refractivity contribution is 6.33. The van der Waals surface area contributed by atoms with Crippen LogP contribution in [0.3, 0.4) is 0 Å². The number of aryl methyl sites for hydroxylation is 2. The molecule has 0 radical (unpaired) electrons. The largest absolute Gasteiger partial charge is 0.364 e. The first kappa shape index (κ1) is 24.8. The van der Waals surface area contributed by atoms with Crippen molar-refractivity contribution in [3.05, 3.63) is 64.8 Å². The van der Waals surface area contributed by atoms with Crippen LogP contribution in [-0.2, 0) is 4.79 Å². The third kappa shape index (κ3) is 5.67.